The third-order valence-electron chi connectivity index (χ3n) is 6.88. The molecule has 2 heterocycles. The minimum Gasteiger partial charge on any atom is -0.366 e. The second kappa shape index (κ2) is 6.21. The number of nitrogens with zero attached hydrogens (tertiary/aromatic N) is 2. The number of rotatable bonds is 2. The third-order valence-corrected chi connectivity index (χ3v) is 6.88. The fraction of sp³-hybridized carbons (Fsp3) is 0.333. The molecule has 2 aliphatic heterocycles. The van der Waals surface area contributed by atoms with Crippen molar-refractivity contribution in [2.45, 2.75) is 31.3 Å². The van der Waals surface area contributed by atoms with Crippen LogP contribution >= 0.6 is 0 Å². The number of nitrogens with one attached hydrogen (secondary N) is 1. The Hall–Kier alpha value is -2.59. The summed E-state index contributed by atoms with van der Waals surface area (Å²) in [5, 5.41) is 6.21. The highest BCUT2D eigenvalue weighted by Crippen LogP contribution is 2.42. The van der Waals surface area contributed by atoms with Crippen LogP contribution in [-0.4, -0.2) is 30.7 Å². The topological polar surface area (TPSA) is 18.5 Å². The van der Waals surface area contributed by atoms with Crippen molar-refractivity contribution in [1.82, 2.24) is 4.90 Å². The van der Waals surface area contributed by atoms with Crippen molar-refractivity contribution in [3.8, 4) is 0 Å². The number of piperidine rings is 1. The molecular formula is C24H24FN3. The molecule has 1 fully saturated rings. The van der Waals surface area contributed by atoms with Gasteiger partial charge in [-0.1, -0.05) is 36.4 Å². The molecule has 3 aromatic rings. The van der Waals surface area contributed by atoms with E-state index in [0.29, 0.717) is 12.1 Å². The molecule has 3 nitrogen and oxygen atoms in total. The molecule has 3 aliphatic rings. The van der Waals surface area contributed by atoms with Crippen LogP contribution in [0.2, 0.25) is 0 Å². The van der Waals surface area contributed by atoms with E-state index >= 15 is 0 Å². The Bertz CT molecular complexity index is 1050. The first-order valence-electron chi connectivity index (χ1n) is 10.3. The molecule has 0 bridgehead atoms. The Morgan fingerprint density at radius 3 is 2.64 bits per heavy atom. The average molecular weight is 373 g/mol. The highest BCUT2D eigenvalue weighted by Gasteiger charge is 2.34. The van der Waals surface area contributed by atoms with Gasteiger partial charge in [0.25, 0.3) is 0 Å². The van der Waals surface area contributed by atoms with Crippen LogP contribution in [-0.2, 0) is 6.42 Å². The Morgan fingerprint density at radius 2 is 1.79 bits per heavy atom. The van der Waals surface area contributed by atoms with Crippen LogP contribution in [0.25, 0.3) is 10.8 Å². The number of fused-ring (bicyclic) bond motifs is 1. The monoisotopic (exact) mass is 373 g/mol. The van der Waals surface area contributed by atoms with Crippen LogP contribution < -0.4 is 10.2 Å². The van der Waals surface area contributed by atoms with Crippen molar-refractivity contribution >= 4 is 22.1 Å². The maximum atomic E-state index is 13.5. The molecular weight excluding hydrogens is 349 g/mol. The summed E-state index contributed by atoms with van der Waals surface area (Å²) >= 11 is 0. The molecule has 0 aromatic heterocycles. The first-order valence-corrected chi connectivity index (χ1v) is 10.3. The minimum absolute atomic E-state index is 0.169. The van der Waals surface area contributed by atoms with Gasteiger partial charge >= 0.3 is 0 Å². The Morgan fingerprint density at radius 1 is 0.964 bits per heavy atom. The zero-order valence-electron chi connectivity index (χ0n) is 15.9. The quantitative estimate of drug-likeness (QED) is 0.687. The molecule has 0 amide bonds. The summed E-state index contributed by atoms with van der Waals surface area (Å²) in [5.74, 6) is -0.169. The lowest BCUT2D eigenvalue weighted by Crippen LogP contribution is -2.46. The molecule has 1 aliphatic carbocycles. The largest absolute Gasteiger partial charge is 0.366 e. The molecule has 1 saturated heterocycles. The summed E-state index contributed by atoms with van der Waals surface area (Å²) in [5.41, 5.74) is 5.09. The molecule has 0 saturated carbocycles. The van der Waals surface area contributed by atoms with Crippen molar-refractivity contribution in [3.05, 3.63) is 71.5 Å². The molecule has 28 heavy (non-hydrogen) atoms. The van der Waals surface area contributed by atoms with Gasteiger partial charge in [-0.05, 0) is 59.4 Å². The maximum absolute atomic E-state index is 13.5. The molecule has 1 unspecified atom stereocenters. The van der Waals surface area contributed by atoms with Crippen LogP contribution in [0.4, 0.5) is 15.8 Å². The van der Waals surface area contributed by atoms with Gasteiger partial charge in [0, 0.05) is 25.2 Å². The normalized spacial score (nSPS) is 21.9. The Labute approximate surface area is 164 Å². The van der Waals surface area contributed by atoms with Crippen molar-refractivity contribution in [3.63, 3.8) is 0 Å². The van der Waals surface area contributed by atoms with E-state index in [4.69, 9.17) is 0 Å². The van der Waals surface area contributed by atoms with Gasteiger partial charge in [-0.25, -0.2) is 4.39 Å². The van der Waals surface area contributed by atoms with E-state index in [2.05, 4.69) is 51.5 Å². The van der Waals surface area contributed by atoms with Gasteiger partial charge in [-0.2, -0.15) is 0 Å². The van der Waals surface area contributed by atoms with Gasteiger partial charge in [-0.15, -0.1) is 0 Å². The summed E-state index contributed by atoms with van der Waals surface area (Å²) in [6, 6.07) is 19.6. The zero-order valence-corrected chi connectivity index (χ0v) is 15.9. The average Bonchev–Trinajstić information content (AvgIpc) is 3.31. The summed E-state index contributed by atoms with van der Waals surface area (Å²) in [4.78, 5) is 5.11. The van der Waals surface area contributed by atoms with Gasteiger partial charge in [0.2, 0.25) is 0 Å². The molecule has 142 valence electrons. The number of halogens is 1. The smallest absolute Gasteiger partial charge is 0.125 e. The second-order valence-electron chi connectivity index (χ2n) is 8.32. The summed E-state index contributed by atoms with van der Waals surface area (Å²) in [6.45, 7) is 3.02. The Balaban J connectivity index is 1.20. The lowest BCUT2D eigenvalue weighted by atomic mass is 9.98. The summed E-state index contributed by atoms with van der Waals surface area (Å²) < 4.78 is 13.5. The predicted octanol–water partition coefficient (Wildman–Crippen LogP) is 4.93. The lowest BCUT2D eigenvalue weighted by Gasteiger charge is -2.40. The second-order valence-corrected chi connectivity index (χ2v) is 8.32. The van der Waals surface area contributed by atoms with Gasteiger partial charge in [0.15, 0.2) is 0 Å². The molecule has 0 radical (unpaired) electrons. The van der Waals surface area contributed by atoms with E-state index in [1.807, 2.05) is 6.07 Å². The van der Waals surface area contributed by atoms with Gasteiger partial charge in [0.05, 0.1) is 18.0 Å². The van der Waals surface area contributed by atoms with Crippen LogP contribution in [0.3, 0.4) is 0 Å². The SMILES string of the molecule is Fc1ccc2c(c1)NCN2C1CCN(C2Cc3cccc4cccc2c34)CC1. The van der Waals surface area contributed by atoms with Gasteiger partial charge in [-0.3, -0.25) is 4.90 Å². The first kappa shape index (κ1) is 16.4. The third kappa shape index (κ3) is 2.44. The van der Waals surface area contributed by atoms with Crippen LogP contribution in [0.5, 0.6) is 0 Å². The van der Waals surface area contributed by atoms with E-state index in [1.165, 1.54) is 21.9 Å². The van der Waals surface area contributed by atoms with E-state index in [1.54, 1.807) is 12.1 Å². The Kier molecular flexibility index (Phi) is 3.63. The molecule has 6 rings (SSSR count). The fourth-order valence-corrected chi connectivity index (χ4v) is 5.53. The number of benzene rings is 3. The molecule has 4 heteroatoms. The van der Waals surface area contributed by atoms with Crippen molar-refractivity contribution in [2.75, 3.05) is 30.0 Å². The van der Waals surface area contributed by atoms with E-state index < -0.39 is 0 Å². The van der Waals surface area contributed by atoms with Gasteiger partial charge < -0.3 is 10.2 Å². The summed E-state index contributed by atoms with van der Waals surface area (Å²) in [6.07, 6.45) is 3.44. The van der Waals surface area contributed by atoms with E-state index in [9.17, 15) is 4.39 Å². The van der Waals surface area contributed by atoms with Crippen molar-refractivity contribution in [2.24, 2.45) is 0 Å². The zero-order chi connectivity index (χ0) is 18.7. The minimum atomic E-state index is -0.169. The van der Waals surface area contributed by atoms with Crippen molar-refractivity contribution in [1.29, 1.82) is 0 Å². The highest BCUT2D eigenvalue weighted by molar-refractivity contribution is 5.91. The standard InChI is InChI=1S/C24H24FN3/c25-18-7-8-22-21(14-18)26-15-28(22)19-9-11-27(12-10-19)23-13-17-5-1-3-16-4-2-6-20(23)24(16)17/h1-8,14,19,23,26H,9-13,15H2. The highest BCUT2D eigenvalue weighted by atomic mass is 19.1. The summed E-state index contributed by atoms with van der Waals surface area (Å²) in [7, 11) is 0. The first-order chi connectivity index (χ1) is 13.8. The van der Waals surface area contributed by atoms with E-state index in [-0.39, 0.29) is 5.82 Å². The molecule has 0 spiro atoms. The molecule has 1 N–H and O–H groups in total. The lowest BCUT2D eigenvalue weighted by molar-refractivity contribution is 0.154. The van der Waals surface area contributed by atoms with Crippen molar-refractivity contribution < 1.29 is 4.39 Å². The van der Waals surface area contributed by atoms with E-state index in [0.717, 1.165) is 50.4 Å². The molecule has 1 atom stereocenters. The number of hydrogen-bond donors (Lipinski definition) is 1. The number of anilines is 2. The molecule has 3 aromatic carbocycles. The fourth-order valence-electron chi connectivity index (χ4n) is 5.53. The maximum Gasteiger partial charge on any atom is 0.125 e. The predicted molar refractivity (Wildman–Crippen MR) is 112 cm³/mol. The van der Waals surface area contributed by atoms with Gasteiger partial charge in [0.1, 0.15) is 5.82 Å². The van der Waals surface area contributed by atoms with Crippen LogP contribution in [0.1, 0.15) is 30.0 Å². The van der Waals surface area contributed by atoms with Crippen LogP contribution in [0.15, 0.2) is 54.6 Å². The number of hydrogen-bond acceptors (Lipinski definition) is 3. The van der Waals surface area contributed by atoms with Crippen LogP contribution in [0, 0.1) is 5.82 Å². The number of likely N-dealkylation sites (tertiary alicyclic amines) is 1.